The van der Waals surface area contributed by atoms with Gasteiger partial charge in [-0.3, -0.25) is 9.67 Å². The Morgan fingerprint density at radius 2 is 2.11 bits per heavy atom. The standard InChI is InChI=1S/C22H33N5O/c1-15(14-27-17(3)11-16(2)26-27)13-24-21(23-6)25-19-12-22(4,5)28-20-10-8-7-9-18(19)20/h7-11,15,19H,12-14H2,1-6H3,(H2,23,24,25). The molecule has 6 nitrogen and oxygen atoms in total. The van der Waals surface area contributed by atoms with Gasteiger partial charge < -0.3 is 15.4 Å². The van der Waals surface area contributed by atoms with E-state index in [0.717, 1.165) is 36.9 Å². The van der Waals surface area contributed by atoms with Crippen molar-refractivity contribution in [1.29, 1.82) is 0 Å². The number of nitrogens with zero attached hydrogens (tertiary/aromatic N) is 3. The molecule has 1 aliphatic heterocycles. The number of fused-ring (bicyclic) bond motifs is 1. The Kier molecular flexibility index (Phi) is 5.96. The zero-order valence-electron chi connectivity index (χ0n) is 17.9. The third-order valence-electron chi connectivity index (χ3n) is 5.12. The van der Waals surface area contributed by atoms with Crippen molar-refractivity contribution >= 4 is 5.96 Å². The first kappa shape index (κ1) is 20.2. The van der Waals surface area contributed by atoms with Crippen LogP contribution in [0.4, 0.5) is 0 Å². The van der Waals surface area contributed by atoms with Crippen molar-refractivity contribution < 1.29 is 4.74 Å². The van der Waals surface area contributed by atoms with Gasteiger partial charge in [0.05, 0.1) is 11.7 Å². The van der Waals surface area contributed by atoms with E-state index in [4.69, 9.17) is 4.74 Å². The third-order valence-corrected chi connectivity index (χ3v) is 5.12. The van der Waals surface area contributed by atoms with Crippen LogP contribution in [0.2, 0.25) is 0 Å². The fraction of sp³-hybridized carbons (Fsp3) is 0.545. The molecule has 2 atom stereocenters. The highest BCUT2D eigenvalue weighted by molar-refractivity contribution is 5.80. The number of hydrogen-bond acceptors (Lipinski definition) is 3. The monoisotopic (exact) mass is 383 g/mol. The lowest BCUT2D eigenvalue weighted by Gasteiger charge is -2.38. The molecule has 0 bridgehead atoms. The van der Waals surface area contributed by atoms with E-state index in [0.29, 0.717) is 5.92 Å². The van der Waals surface area contributed by atoms with Crippen molar-refractivity contribution in [2.24, 2.45) is 10.9 Å². The first-order valence-corrected chi connectivity index (χ1v) is 10.0. The molecule has 2 N–H and O–H groups in total. The maximum Gasteiger partial charge on any atom is 0.191 e. The summed E-state index contributed by atoms with van der Waals surface area (Å²) in [5.41, 5.74) is 3.23. The number of nitrogens with one attached hydrogen (secondary N) is 2. The second-order valence-corrected chi connectivity index (χ2v) is 8.47. The molecule has 0 saturated carbocycles. The van der Waals surface area contributed by atoms with Crippen LogP contribution in [0.5, 0.6) is 5.75 Å². The number of para-hydroxylation sites is 1. The molecule has 0 fully saturated rings. The van der Waals surface area contributed by atoms with E-state index >= 15 is 0 Å². The molecule has 1 aromatic heterocycles. The molecular formula is C22H33N5O. The van der Waals surface area contributed by atoms with E-state index in [9.17, 15) is 0 Å². The van der Waals surface area contributed by atoms with E-state index in [1.807, 2.05) is 26.1 Å². The lowest BCUT2D eigenvalue weighted by atomic mass is 9.90. The van der Waals surface area contributed by atoms with E-state index in [1.165, 1.54) is 11.3 Å². The maximum atomic E-state index is 6.13. The van der Waals surface area contributed by atoms with Gasteiger partial charge >= 0.3 is 0 Å². The number of benzene rings is 1. The number of ether oxygens (including phenoxy) is 1. The number of guanidine groups is 1. The van der Waals surface area contributed by atoms with Crippen LogP contribution < -0.4 is 15.4 Å². The Bertz CT molecular complexity index is 839. The second-order valence-electron chi connectivity index (χ2n) is 8.47. The van der Waals surface area contributed by atoms with Crippen molar-refractivity contribution in [2.45, 2.75) is 59.2 Å². The molecule has 6 heteroatoms. The highest BCUT2D eigenvalue weighted by Crippen LogP contribution is 2.39. The molecular weight excluding hydrogens is 350 g/mol. The van der Waals surface area contributed by atoms with Gasteiger partial charge in [-0.15, -0.1) is 0 Å². The minimum Gasteiger partial charge on any atom is -0.487 e. The minimum atomic E-state index is -0.215. The fourth-order valence-corrected chi connectivity index (χ4v) is 3.78. The summed E-state index contributed by atoms with van der Waals surface area (Å²) < 4.78 is 8.21. The van der Waals surface area contributed by atoms with Crippen LogP contribution >= 0.6 is 0 Å². The average molecular weight is 384 g/mol. The van der Waals surface area contributed by atoms with Gasteiger partial charge in [0.2, 0.25) is 0 Å². The normalized spacial score (nSPS) is 19.5. The van der Waals surface area contributed by atoms with Crippen molar-refractivity contribution in [1.82, 2.24) is 20.4 Å². The molecule has 1 aromatic carbocycles. The zero-order chi connectivity index (χ0) is 20.3. The Labute approximate surface area is 168 Å². The number of aromatic nitrogens is 2. The molecule has 3 rings (SSSR count). The molecule has 2 heterocycles. The fourth-order valence-electron chi connectivity index (χ4n) is 3.78. The van der Waals surface area contributed by atoms with Gasteiger partial charge in [0.25, 0.3) is 0 Å². The average Bonchev–Trinajstić information content (AvgIpc) is 2.94. The first-order valence-electron chi connectivity index (χ1n) is 10.0. The number of aryl methyl sites for hydroxylation is 2. The van der Waals surface area contributed by atoms with Crippen LogP contribution in [0.25, 0.3) is 0 Å². The topological polar surface area (TPSA) is 63.5 Å². The highest BCUT2D eigenvalue weighted by atomic mass is 16.5. The summed E-state index contributed by atoms with van der Waals surface area (Å²) in [6.45, 7) is 12.3. The lowest BCUT2D eigenvalue weighted by molar-refractivity contribution is 0.0694. The van der Waals surface area contributed by atoms with Crippen LogP contribution in [-0.2, 0) is 6.54 Å². The van der Waals surface area contributed by atoms with Gasteiger partial charge in [0, 0.05) is 37.8 Å². The quantitative estimate of drug-likeness (QED) is 0.612. The Balaban J connectivity index is 1.61. The summed E-state index contributed by atoms with van der Waals surface area (Å²) in [5, 5.41) is 11.6. The summed E-state index contributed by atoms with van der Waals surface area (Å²) in [6.07, 6.45) is 0.881. The molecule has 28 heavy (non-hydrogen) atoms. The summed E-state index contributed by atoms with van der Waals surface area (Å²) in [7, 11) is 1.82. The predicted molar refractivity (Wildman–Crippen MR) is 114 cm³/mol. The molecule has 1 aliphatic rings. The molecule has 2 aromatic rings. The van der Waals surface area contributed by atoms with Crippen LogP contribution in [-0.4, -0.2) is 34.9 Å². The molecule has 0 spiro atoms. The van der Waals surface area contributed by atoms with E-state index in [2.05, 4.69) is 71.3 Å². The number of rotatable bonds is 5. The van der Waals surface area contributed by atoms with Crippen LogP contribution in [0.3, 0.4) is 0 Å². The Morgan fingerprint density at radius 1 is 1.36 bits per heavy atom. The zero-order valence-corrected chi connectivity index (χ0v) is 17.9. The van der Waals surface area contributed by atoms with Gasteiger partial charge in [-0.2, -0.15) is 5.10 Å². The molecule has 0 amide bonds. The van der Waals surface area contributed by atoms with Crippen LogP contribution in [0, 0.1) is 19.8 Å². The summed E-state index contributed by atoms with van der Waals surface area (Å²) in [6, 6.07) is 10.5. The van der Waals surface area contributed by atoms with Gasteiger partial charge in [-0.25, -0.2) is 0 Å². The third kappa shape index (κ3) is 4.86. The summed E-state index contributed by atoms with van der Waals surface area (Å²) >= 11 is 0. The van der Waals surface area contributed by atoms with E-state index < -0.39 is 0 Å². The highest BCUT2D eigenvalue weighted by Gasteiger charge is 2.33. The second kappa shape index (κ2) is 8.25. The largest absolute Gasteiger partial charge is 0.487 e. The van der Waals surface area contributed by atoms with E-state index in [-0.39, 0.29) is 11.6 Å². The summed E-state index contributed by atoms with van der Waals surface area (Å²) in [4.78, 5) is 4.43. The van der Waals surface area contributed by atoms with Gasteiger partial charge in [-0.1, -0.05) is 25.1 Å². The van der Waals surface area contributed by atoms with Crippen LogP contribution in [0.1, 0.15) is 50.2 Å². The van der Waals surface area contributed by atoms with Gasteiger partial charge in [0.15, 0.2) is 5.96 Å². The molecule has 0 radical (unpaired) electrons. The van der Waals surface area contributed by atoms with Crippen LogP contribution in [0.15, 0.2) is 35.3 Å². The lowest BCUT2D eigenvalue weighted by Crippen LogP contribution is -2.46. The number of aliphatic imine (C=N–C) groups is 1. The summed E-state index contributed by atoms with van der Waals surface area (Å²) in [5.74, 6) is 2.19. The SMILES string of the molecule is CN=C(NCC(C)Cn1nc(C)cc1C)NC1CC(C)(C)Oc2ccccc21. The Hall–Kier alpha value is -2.50. The Morgan fingerprint density at radius 3 is 2.79 bits per heavy atom. The van der Waals surface area contributed by atoms with Crippen molar-refractivity contribution in [3.05, 3.63) is 47.3 Å². The van der Waals surface area contributed by atoms with Crippen molar-refractivity contribution in [2.75, 3.05) is 13.6 Å². The van der Waals surface area contributed by atoms with Gasteiger partial charge in [0.1, 0.15) is 11.4 Å². The molecule has 0 aliphatic carbocycles. The van der Waals surface area contributed by atoms with Crippen molar-refractivity contribution in [3.63, 3.8) is 0 Å². The van der Waals surface area contributed by atoms with Gasteiger partial charge in [-0.05, 0) is 45.7 Å². The number of hydrogen-bond donors (Lipinski definition) is 2. The molecule has 152 valence electrons. The van der Waals surface area contributed by atoms with Crippen molar-refractivity contribution in [3.8, 4) is 5.75 Å². The predicted octanol–water partition coefficient (Wildman–Crippen LogP) is 3.60. The smallest absolute Gasteiger partial charge is 0.191 e. The van der Waals surface area contributed by atoms with E-state index in [1.54, 1.807) is 0 Å². The maximum absolute atomic E-state index is 6.13. The molecule has 2 unspecified atom stereocenters. The first-order chi connectivity index (χ1) is 13.3. The minimum absolute atomic E-state index is 0.164. The molecule has 0 saturated heterocycles.